The maximum Gasteiger partial charge on any atom is 0.293 e. The molecule has 2 aliphatic heterocycles. The van der Waals surface area contributed by atoms with E-state index in [2.05, 4.69) is 0 Å². The van der Waals surface area contributed by atoms with Crippen LogP contribution in [0.5, 0.6) is 0 Å². The van der Waals surface area contributed by atoms with E-state index in [4.69, 9.17) is 0 Å². The summed E-state index contributed by atoms with van der Waals surface area (Å²) in [6, 6.07) is 14.3. The second-order valence-electron chi connectivity index (χ2n) is 6.66. The van der Waals surface area contributed by atoms with Gasteiger partial charge in [-0.15, -0.1) is 0 Å². The summed E-state index contributed by atoms with van der Waals surface area (Å²) in [6.45, 7) is 1.98. The molecule has 2 fully saturated rings. The number of hydrogen-bond donors (Lipinski definition) is 0. The smallest absolute Gasteiger partial charge is 0.293 e. The molecule has 0 atom stereocenters. The Bertz CT molecular complexity index is 908. The molecule has 0 aromatic heterocycles. The predicted octanol–water partition coefficient (Wildman–Crippen LogP) is 4.66. The van der Waals surface area contributed by atoms with Crippen LogP contribution in [-0.4, -0.2) is 29.1 Å². The molecule has 0 unspecified atom stereocenters. The van der Waals surface area contributed by atoms with Crippen molar-refractivity contribution in [2.75, 3.05) is 18.0 Å². The minimum Gasteiger partial charge on any atom is -0.369 e. The van der Waals surface area contributed by atoms with Crippen LogP contribution in [0.4, 0.5) is 14.9 Å². The van der Waals surface area contributed by atoms with Gasteiger partial charge in [0, 0.05) is 13.1 Å². The molecule has 0 bridgehead atoms. The number of imide groups is 1. The maximum atomic E-state index is 14.5. The number of anilines is 1. The summed E-state index contributed by atoms with van der Waals surface area (Å²) >= 11 is 0.897. The van der Waals surface area contributed by atoms with Gasteiger partial charge in [0.1, 0.15) is 5.82 Å². The third kappa shape index (κ3) is 3.76. The summed E-state index contributed by atoms with van der Waals surface area (Å²) in [5.74, 6) is -0.632. The van der Waals surface area contributed by atoms with Gasteiger partial charge in [-0.3, -0.25) is 14.5 Å². The summed E-state index contributed by atoms with van der Waals surface area (Å²) in [6.07, 6.45) is 3.75. The summed E-state index contributed by atoms with van der Waals surface area (Å²) in [5.41, 5.74) is 2.07. The van der Waals surface area contributed by atoms with Crippen molar-refractivity contribution >= 4 is 34.7 Å². The molecule has 2 amide bonds. The number of nitrogens with zero attached hydrogens (tertiary/aromatic N) is 2. The van der Waals surface area contributed by atoms with Crippen molar-refractivity contribution in [3.8, 4) is 0 Å². The number of rotatable bonds is 4. The van der Waals surface area contributed by atoms with E-state index in [1.54, 1.807) is 18.2 Å². The highest BCUT2D eigenvalue weighted by Gasteiger charge is 2.35. The number of halogens is 1. The fourth-order valence-corrected chi connectivity index (χ4v) is 4.22. The number of carbonyl (C=O) groups is 2. The summed E-state index contributed by atoms with van der Waals surface area (Å²) in [5, 5.41) is -0.302. The first-order valence-corrected chi connectivity index (χ1v) is 9.77. The van der Waals surface area contributed by atoms with Crippen LogP contribution in [0.2, 0.25) is 0 Å². The first kappa shape index (κ1) is 17.8. The van der Waals surface area contributed by atoms with Crippen molar-refractivity contribution in [3.63, 3.8) is 0 Å². The van der Waals surface area contributed by atoms with E-state index >= 15 is 0 Å². The lowest BCUT2D eigenvalue weighted by molar-refractivity contribution is -0.123. The number of thioether (sulfide) groups is 1. The van der Waals surface area contributed by atoms with Crippen molar-refractivity contribution in [1.29, 1.82) is 0 Å². The van der Waals surface area contributed by atoms with Gasteiger partial charge in [-0.05, 0) is 53.9 Å². The van der Waals surface area contributed by atoms with E-state index in [9.17, 15) is 14.0 Å². The molecule has 4 nitrogen and oxygen atoms in total. The zero-order valence-electron chi connectivity index (χ0n) is 14.7. The van der Waals surface area contributed by atoms with Gasteiger partial charge in [0.25, 0.3) is 11.1 Å². The number of carbonyl (C=O) groups excluding carboxylic acids is 2. The maximum absolute atomic E-state index is 14.5. The molecule has 2 aliphatic rings. The van der Waals surface area contributed by atoms with Gasteiger partial charge >= 0.3 is 0 Å². The molecule has 2 saturated heterocycles. The van der Waals surface area contributed by atoms with Crippen molar-refractivity contribution < 1.29 is 14.0 Å². The second-order valence-corrected chi connectivity index (χ2v) is 7.65. The Morgan fingerprint density at radius 1 is 1.04 bits per heavy atom. The van der Waals surface area contributed by atoms with Crippen LogP contribution in [0.25, 0.3) is 6.08 Å². The third-order valence-electron chi connectivity index (χ3n) is 4.77. The molecule has 4 rings (SSSR count). The van der Waals surface area contributed by atoms with Crippen molar-refractivity contribution in [3.05, 3.63) is 70.4 Å². The Labute approximate surface area is 161 Å². The van der Waals surface area contributed by atoms with Crippen LogP contribution in [0.3, 0.4) is 0 Å². The molecule has 6 heteroatoms. The SMILES string of the molecule is O=C1SC(=Cc2ccc(N3CCCC3)c(F)c2)C(=O)N1Cc1ccccc1. The van der Waals surface area contributed by atoms with Gasteiger partial charge in [-0.2, -0.15) is 0 Å². The van der Waals surface area contributed by atoms with Gasteiger partial charge in [0.2, 0.25) is 0 Å². The molecule has 2 aromatic carbocycles. The highest BCUT2D eigenvalue weighted by molar-refractivity contribution is 8.18. The lowest BCUT2D eigenvalue weighted by atomic mass is 10.1. The third-order valence-corrected chi connectivity index (χ3v) is 5.68. The molecule has 2 heterocycles. The Balaban J connectivity index is 1.53. The normalized spacial score (nSPS) is 18.8. The van der Waals surface area contributed by atoms with E-state index in [0.29, 0.717) is 16.2 Å². The Morgan fingerprint density at radius 3 is 2.48 bits per heavy atom. The monoisotopic (exact) mass is 382 g/mol. The topological polar surface area (TPSA) is 40.6 Å². The Hall–Kier alpha value is -2.60. The lowest BCUT2D eigenvalue weighted by Crippen LogP contribution is -2.27. The first-order valence-electron chi connectivity index (χ1n) is 8.95. The van der Waals surface area contributed by atoms with Crippen molar-refractivity contribution in [1.82, 2.24) is 4.90 Å². The summed E-state index contributed by atoms with van der Waals surface area (Å²) in [7, 11) is 0. The summed E-state index contributed by atoms with van der Waals surface area (Å²) in [4.78, 5) is 28.4. The first-order chi connectivity index (χ1) is 13.1. The molecule has 0 aliphatic carbocycles. The highest BCUT2D eigenvalue weighted by Crippen LogP contribution is 2.34. The van der Waals surface area contributed by atoms with E-state index < -0.39 is 0 Å². The molecule has 0 saturated carbocycles. The van der Waals surface area contributed by atoms with Crippen LogP contribution in [0.1, 0.15) is 24.0 Å². The quantitative estimate of drug-likeness (QED) is 0.721. The molecule has 0 spiro atoms. The minimum atomic E-state index is -0.335. The molecule has 27 heavy (non-hydrogen) atoms. The standard InChI is InChI=1S/C21H19FN2O2S/c22-17-12-16(8-9-18(17)23-10-4-5-11-23)13-19-20(25)24(21(26)27-19)14-15-6-2-1-3-7-15/h1-3,6-9,12-13H,4-5,10-11,14H2. The molecule has 2 aromatic rings. The zero-order valence-corrected chi connectivity index (χ0v) is 15.5. The van der Waals surface area contributed by atoms with E-state index in [-0.39, 0.29) is 23.5 Å². The van der Waals surface area contributed by atoms with Crippen molar-refractivity contribution in [2.24, 2.45) is 0 Å². The Morgan fingerprint density at radius 2 is 1.78 bits per heavy atom. The minimum absolute atomic E-state index is 0.241. The molecule has 138 valence electrons. The molecular formula is C21H19FN2O2S. The number of amides is 2. The largest absolute Gasteiger partial charge is 0.369 e. The van der Waals surface area contributed by atoms with Gasteiger partial charge < -0.3 is 4.90 Å². The van der Waals surface area contributed by atoms with Crippen LogP contribution >= 0.6 is 11.8 Å². The van der Waals surface area contributed by atoms with E-state index in [0.717, 1.165) is 43.3 Å². The molecule has 0 N–H and O–H groups in total. The average molecular weight is 382 g/mol. The van der Waals surface area contributed by atoms with E-state index in [1.165, 1.54) is 11.0 Å². The lowest BCUT2D eigenvalue weighted by Gasteiger charge is -2.18. The second kappa shape index (κ2) is 7.56. The Kier molecular flexibility index (Phi) is 4.99. The van der Waals surface area contributed by atoms with Gasteiger partial charge in [0.15, 0.2) is 0 Å². The molecule has 0 radical (unpaired) electrons. The van der Waals surface area contributed by atoms with Crippen LogP contribution < -0.4 is 4.90 Å². The zero-order chi connectivity index (χ0) is 18.8. The fraction of sp³-hybridized carbons (Fsp3) is 0.238. The van der Waals surface area contributed by atoms with Gasteiger partial charge in [0.05, 0.1) is 17.1 Å². The average Bonchev–Trinajstić information content (AvgIpc) is 3.28. The molecular weight excluding hydrogens is 363 g/mol. The summed E-state index contributed by atoms with van der Waals surface area (Å²) < 4.78 is 14.5. The predicted molar refractivity (Wildman–Crippen MR) is 106 cm³/mol. The van der Waals surface area contributed by atoms with Crippen LogP contribution in [-0.2, 0) is 11.3 Å². The van der Waals surface area contributed by atoms with Gasteiger partial charge in [-0.25, -0.2) is 4.39 Å². The fourth-order valence-electron chi connectivity index (χ4n) is 3.38. The van der Waals surface area contributed by atoms with Crippen LogP contribution in [0.15, 0.2) is 53.4 Å². The van der Waals surface area contributed by atoms with Crippen LogP contribution in [0, 0.1) is 5.82 Å². The van der Waals surface area contributed by atoms with E-state index in [1.807, 2.05) is 35.2 Å². The van der Waals surface area contributed by atoms with Crippen molar-refractivity contribution in [2.45, 2.75) is 19.4 Å². The number of benzene rings is 2. The van der Waals surface area contributed by atoms with Gasteiger partial charge in [-0.1, -0.05) is 36.4 Å². The highest BCUT2D eigenvalue weighted by atomic mass is 32.2. The number of hydrogen-bond acceptors (Lipinski definition) is 4.